The fourth-order valence-corrected chi connectivity index (χ4v) is 5.25. The van der Waals surface area contributed by atoms with Gasteiger partial charge in [-0.2, -0.15) is 0 Å². The molecule has 0 fully saturated rings. The van der Waals surface area contributed by atoms with Gasteiger partial charge in [0, 0.05) is 35.7 Å². The van der Waals surface area contributed by atoms with Gasteiger partial charge in [0.2, 0.25) is 0 Å². The minimum Gasteiger partial charge on any atom is -0.466 e. The number of aryl methyl sites for hydroxylation is 2. The Hall–Kier alpha value is -2.32. The number of aromatic nitrogens is 2. The number of rotatable bonds is 7. The van der Waals surface area contributed by atoms with Crippen molar-refractivity contribution >= 4 is 17.7 Å². The van der Waals surface area contributed by atoms with E-state index in [1.807, 2.05) is 18.7 Å². The molecule has 0 atom stereocenters. The number of fused-ring (bicyclic) bond motifs is 1. The van der Waals surface area contributed by atoms with Crippen LogP contribution in [0.4, 0.5) is 0 Å². The van der Waals surface area contributed by atoms with Gasteiger partial charge in [0.1, 0.15) is 5.82 Å². The summed E-state index contributed by atoms with van der Waals surface area (Å²) in [5, 5.41) is 0. The number of thioether (sulfide) groups is 1. The zero-order valence-electron chi connectivity index (χ0n) is 19.1. The minimum absolute atomic E-state index is 0.135. The third kappa shape index (κ3) is 6.33. The van der Waals surface area contributed by atoms with Crippen LogP contribution in [0.15, 0.2) is 29.4 Å². The van der Waals surface area contributed by atoms with Gasteiger partial charge in [-0.25, -0.2) is 9.97 Å². The summed E-state index contributed by atoms with van der Waals surface area (Å²) in [7, 11) is 0. The van der Waals surface area contributed by atoms with E-state index in [1.54, 1.807) is 12.4 Å². The SMILES string of the molecule is CCOC(=O)CCCCc1ncc(C#Cc2cc3c(cc2CC)SCCC3(C)C)cn1. The average Bonchev–Trinajstić information content (AvgIpc) is 2.76. The van der Waals surface area contributed by atoms with E-state index < -0.39 is 0 Å². The summed E-state index contributed by atoms with van der Waals surface area (Å²) in [5.41, 5.74) is 4.85. The van der Waals surface area contributed by atoms with Crippen LogP contribution in [-0.4, -0.2) is 28.3 Å². The Morgan fingerprint density at radius 1 is 1.16 bits per heavy atom. The third-order valence-electron chi connectivity index (χ3n) is 5.68. The van der Waals surface area contributed by atoms with Crippen molar-refractivity contribution in [1.29, 1.82) is 0 Å². The van der Waals surface area contributed by atoms with Gasteiger partial charge >= 0.3 is 5.97 Å². The van der Waals surface area contributed by atoms with E-state index in [-0.39, 0.29) is 11.4 Å². The quantitative estimate of drug-likeness (QED) is 0.326. The van der Waals surface area contributed by atoms with E-state index in [1.165, 1.54) is 28.2 Å². The van der Waals surface area contributed by atoms with Crippen molar-refractivity contribution in [3.05, 3.63) is 52.6 Å². The van der Waals surface area contributed by atoms with E-state index in [4.69, 9.17) is 4.74 Å². The highest BCUT2D eigenvalue weighted by molar-refractivity contribution is 7.99. The molecule has 4 nitrogen and oxygen atoms in total. The number of hydrogen-bond acceptors (Lipinski definition) is 5. The number of hydrogen-bond donors (Lipinski definition) is 0. The lowest BCUT2D eigenvalue weighted by Gasteiger charge is -2.32. The Morgan fingerprint density at radius 2 is 1.94 bits per heavy atom. The van der Waals surface area contributed by atoms with Crippen LogP contribution in [0.5, 0.6) is 0 Å². The van der Waals surface area contributed by atoms with Gasteiger partial charge in [-0.1, -0.05) is 32.6 Å². The molecule has 1 aliphatic rings. The molecule has 1 aromatic heterocycles. The summed E-state index contributed by atoms with van der Waals surface area (Å²) in [6.07, 6.45) is 8.62. The van der Waals surface area contributed by atoms with E-state index in [0.29, 0.717) is 13.0 Å². The predicted octanol–water partition coefficient (Wildman–Crippen LogP) is 5.49. The summed E-state index contributed by atoms with van der Waals surface area (Å²) in [4.78, 5) is 21.7. The summed E-state index contributed by atoms with van der Waals surface area (Å²) >= 11 is 1.96. The first-order chi connectivity index (χ1) is 14.9. The van der Waals surface area contributed by atoms with Crippen LogP contribution >= 0.6 is 11.8 Å². The monoisotopic (exact) mass is 436 g/mol. The topological polar surface area (TPSA) is 52.1 Å². The van der Waals surface area contributed by atoms with E-state index in [0.717, 1.165) is 42.6 Å². The number of carbonyl (C=O) groups excluding carboxylic acids is 1. The van der Waals surface area contributed by atoms with Crippen molar-refractivity contribution < 1.29 is 9.53 Å². The first kappa shape index (κ1) is 23.3. The fourth-order valence-electron chi connectivity index (χ4n) is 3.70. The lowest BCUT2D eigenvalue weighted by molar-refractivity contribution is -0.143. The van der Waals surface area contributed by atoms with Crippen LogP contribution < -0.4 is 0 Å². The van der Waals surface area contributed by atoms with Gasteiger partial charge < -0.3 is 4.74 Å². The third-order valence-corrected chi connectivity index (χ3v) is 6.74. The maximum atomic E-state index is 11.4. The molecule has 0 spiro atoms. The van der Waals surface area contributed by atoms with Crippen molar-refractivity contribution in [3.8, 4) is 11.8 Å². The number of carbonyl (C=O) groups is 1. The maximum Gasteiger partial charge on any atom is 0.305 e. The molecule has 0 amide bonds. The number of unbranched alkanes of at least 4 members (excludes halogenated alkanes) is 1. The average molecular weight is 437 g/mol. The highest BCUT2D eigenvalue weighted by Crippen LogP contribution is 2.42. The maximum absolute atomic E-state index is 11.4. The van der Waals surface area contributed by atoms with E-state index in [9.17, 15) is 4.79 Å². The molecule has 31 heavy (non-hydrogen) atoms. The largest absolute Gasteiger partial charge is 0.466 e. The Morgan fingerprint density at radius 3 is 2.65 bits per heavy atom. The minimum atomic E-state index is -0.135. The van der Waals surface area contributed by atoms with Crippen LogP contribution in [0.1, 0.15) is 81.5 Å². The van der Waals surface area contributed by atoms with Gasteiger partial charge in [0.15, 0.2) is 0 Å². The van der Waals surface area contributed by atoms with Crippen molar-refractivity contribution in [3.63, 3.8) is 0 Å². The Balaban J connectivity index is 1.66. The Labute approximate surface area is 190 Å². The van der Waals surface area contributed by atoms with E-state index in [2.05, 4.69) is 54.7 Å². The van der Waals surface area contributed by atoms with Gasteiger partial charge in [0.25, 0.3) is 0 Å². The molecule has 0 aliphatic carbocycles. The summed E-state index contributed by atoms with van der Waals surface area (Å²) in [6, 6.07) is 4.63. The Bertz CT molecular complexity index is 971. The highest BCUT2D eigenvalue weighted by Gasteiger charge is 2.28. The molecular weight excluding hydrogens is 404 g/mol. The van der Waals surface area contributed by atoms with Crippen LogP contribution in [0, 0.1) is 11.8 Å². The lowest BCUT2D eigenvalue weighted by atomic mass is 9.80. The standard InChI is InChI=1S/C26H32N2O2S/c1-5-20-16-23-22(26(3,4)13-14-31-23)15-21(20)12-11-19-17-27-24(28-18-19)9-7-8-10-25(29)30-6-2/h15-18H,5-10,13-14H2,1-4H3. The zero-order chi connectivity index (χ0) is 22.3. The molecule has 2 aromatic rings. The zero-order valence-corrected chi connectivity index (χ0v) is 19.9. The van der Waals surface area contributed by atoms with Gasteiger partial charge in [-0.3, -0.25) is 4.79 Å². The van der Waals surface area contributed by atoms with Crippen molar-refractivity contribution in [1.82, 2.24) is 9.97 Å². The van der Waals surface area contributed by atoms with Crippen LogP contribution in [-0.2, 0) is 27.8 Å². The molecule has 0 saturated heterocycles. The lowest BCUT2D eigenvalue weighted by Crippen LogP contribution is -2.23. The van der Waals surface area contributed by atoms with Crippen molar-refractivity contribution in [2.24, 2.45) is 0 Å². The summed E-state index contributed by atoms with van der Waals surface area (Å²) in [5.74, 6) is 8.46. The van der Waals surface area contributed by atoms with E-state index >= 15 is 0 Å². The molecule has 2 heterocycles. The van der Waals surface area contributed by atoms with Gasteiger partial charge in [-0.05, 0) is 67.0 Å². The summed E-state index contributed by atoms with van der Waals surface area (Å²) in [6.45, 7) is 9.10. The molecule has 3 rings (SSSR count). The van der Waals surface area contributed by atoms with Crippen LogP contribution in [0.25, 0.3) is 0 Å². The second kappa shape index (κ2) is 10.8. The number of nitrogens with zero attached hydrogens (tertiary/aromatic N) is 2. The normalized spacial score (nSPS) is 14.3. The molecule has 164 valence electrons. The van der Waals surface area contributed by atoms with Crippen molar-refractivity contribution in [2.75, 3.05) is 12.4 Å². The Kier molecular flexibility index (Phi) is 8.15. The summed E-state index contributed by atoms with van der Waals surface area (Å²) < 4.78 is 4.95. The second-order valence-corrected chi connectivity index (χ2v) is 9.63. The first-order valence-electron chi connectivity index (χ1n) is 11.2. The molecule has 0 N–H and O–H groups in total. The second-order valence-electron chi connectivity index (χ2n) is 8.49. The molecular formula is C26H32N2O2S. The number of benzene rings is 1. The molecule has 0 unspecified atom stereocenters. The highest BCUT2D eigenvalue weighted by atomic mass is 32.2. The number of ether oxygens (including phenoxy) is 1. The first-order valence-corrected chi connectivity index (χ1v) is 12.2. The molecule has 0 bridgehead atoms. The molecule has 1 aliphatic heterocycles. The van der Waals surface area contributed by atoms with Crippen LogP contribution in [0.2, 0.25) is 0 Å². The van der Waals surface area contributed by atoms with Crippen LogP contribution in [0.3, 0.4) is 0 Å². The molecule has 0 radical (unpaired) electrons. The molecule has 5 heteroatoms. The number of esters is 1. The smallest absolute Gasteiger partial charge is 0.305 e. The fraction of sp³-hybridized carbons (Fsp3) is 0.500. The molecule has 1 aromatic carbocycles. The van der Waals surface area contributed by atoms with Gasteiger partial charge in [0.05, 0.1) is 12.2 Å². The predicted molar refractivity (Wildman–Crippen MR) is 126 cm³/mol. The molecule has 0 saturated carbocycles. The van der Waals surface area contributed by atoms with Gasteiger partial charge in [-0.15, -0.1) is 11.8 Å². The van der Waals surface area contributed by atoms with Crippen molar-refractivity contribution in [2.45, 2.75) is 76.5 Å².